The summed E-state index contributed by atoms with van der Waals surface area (Å²) in [5, 5.41) is 0. The fourth-order valence-electron chi connectivity index (χ4n) is 4.83. The molecule has 3 unspecified atom stereocenters. The van der Waals surface area contributed by atoms with Crippen LogP contribution in [-0.4, -0.2) is 49.8 Å². The Bertz CT molecular complexity index is 759. The maximum absolute atomic E-state index is 13.0. The van der Waals surface area contributed by atoms with Gasteiger partial charge in [-0.2, -0.15) is 17.5 Å². The van der Waals surface area contributed by atoms with Crippen molar-refractivity contribution in [1.82, 2.24) is 9.21 Å². The summed E-state index contributed by atoms with van der Waals surface area (Å²) in [7, 11) is -3.77. The number of nitrogens with zero attached hydrogens (tertiary/aromatic N) is 2. The maximum Gasteiger partial charge on any atom is 0.416 e. The van der Waals surface area contributed by atoms with E-state index in [-0.39, 0.29) is 4.90 Å². The maximum atomic E-state index is 13.0. The van der Waals surface area contributed by atoms with Crippen molar-refractivity contribution in [3.05, 3.63) is 29.8 Å². The second kappa shape index (κ2) is 8.32. The van der Waals surface area contributed by atoms with Gasteiger partial charge in [-0.15, -0.1) is 0 Å². The molecule has 3 atom stereocenters. The summed E-state index contributed by atoms with van der Waals surface area (Å²) in [6.07, 6.45) is -0.215. The van der Waals surface area contributed by atoms with Crippen LogP contribution in [0.3, 0.4) is 0 Å². The molecule has 1 aliphatic heterocycles. The summed E-state index contributed by atoms with van der Waals surface area (Å²) in [5.74, 6) is 0.646. The summed E-state index contributed by atoms with van der Waals surface area (Å²) in [4.78, 5) is 2.44. The van der Waals surface area contributed by atoms with E-state index in [0.29, 0.717) is 31.0 Å². The number of hydrogen-bond acceptors (Lipinski definition) is 3. The first-order valence-electron chi connectivity index (χ1n) is 10.1. The van der Waals surface area contributed by atoms with Gasteiger partial charge < -0.3 is 4.90 Å². The predicted molar refractivity (Wildman–Crippen MR) is 102 cm³/mol. The molecule has 158 valence electrons. The first-order chi connectivity index (χ1) is 13.2. The molecule has 0 radical (unpaired) electrons. The van der Waals surface area contributed by atoms with Crippen LogP contribution in [0.2, 0.25) is 0 Å². The van der Waals surface area contributed by atoms with E-state index in [0.717, 1.165) is 63.0 Å². The van der Waals surface area contributed by atoms with Crippen LogP contribution in [0.5, 0.6) is 0 Å². The molecule has 0 spiro atoms. The minimum absolute atomic E-state index is 0.0593. The molecule has 1 aromatic carbocycles. The third-order valence-corrected chi connectivity index (χ3v) is 7.94. The van der Waals surface area contributed by atoms with Crippen LogP contribution < -0.4 is 0 Å². The molecule has 2 fully saturated rings. The molecule has 1 saturated carbocycles. The highest BCUT2D eigenvalue weighted by molar-refractivity contribution is 7.89. The zero-order valence-electron chi connectivity index (χ0n) is 16.5. The largest absolute Gasteiger partial charge is 0.416 e. The number of sulfonamides is 1. The molecule has 4 nitrogen and oxygen atoms in total. The SMILES string of the molecule is CCCN(CCC)C1CCC2CN(S(=O)(=O)c3ccc(C(F)(F)F)cc3)CC21. The van der Waals surface area contributed by atoms with Crippen molar-refractivity contribution in [2.45, 2.75) is 56.6 Å². The van der Waals surface area contributed by atoms with E-state index in [1.165, 1.54) is 4.31 Å². The number of alkyl halides is 3. The van der Waals surface area contributed by atoms with Gasteiger partial charge >= 0.3 is 6.18 Å². The van der Waals surface area contributed by atoms with Crippen LogP contribution in [0.25, 0.3) is 0 Å². The molecule has 8 heteroatoms. The lowest BCUT2D eigenvalue weighted by molar-refractivity contribution is -0.137. The number of hydrogen-bond donors (Lipinski definition) is 0. The molecular formula is C20H29F3N2O2S. The van der Waals surface area contributed by atoms with Gasteiger partial charge in [-0.1, -0.05) is 13.8 Å². The highest BCUT2D eigenvalue weighted by atomic mass is 32.2. The van der Waals surface area contributed by atoms with Gasteiger partial charge in [0.15, 0.2) is 0 Å². The van der Waals surface area contributed by atoms with Gasteiger partial charge in [0, 0.05) is 19.1 Å². The molecule has 0 amide bonds. The van der Waals surface area contributed by atoms with Gasteiger partial charge in [-0.25, -0.2) is 8.42 Å². The van der Waals surface area contributed by atoms with E-state index >= 15 is 0 Å². The van der Waals surface area contributed by atoms with Crippen molar-refractivity contribution in [1.29, 1.82) is 0 Å². The zero-order chi connectivity index (χ0) is 20.5. The molecule has 2 aliphatic rings. The van der Waals surface area contributed by atoms with Crippen LogP contribution >= 0.6 is 0 Å². The minimum atomic E-state index is -4.47. The van der Waals surface area contributed by atoms with E-state index in [9.17, 15) is 21.6 Å². The van der Waals surface area contributed by atoms with Gasteiger partial charge in [-0.3, -0.25) is 0 Å². The van der Waals surface area contributed by atoms with Gasteiger partial charge in [0.25, 0.3) is 0 Å². The summed E-state index contributed by atoms with van der Waals surface area (Å²) in [6.45, 7) is 7.29. The summed E-state index contributed by atoms with van der Waals surface area (Å²) >= 11 is 0. The van der Waals surface area contributed by atoms with Crippen LogP contribution in [0.15, 0.2) is 29.2 Å². The normalized spacial score (nSPS) is 26.1. The average Bonchev–Trinajstić information content (AvgIpc) is 3.22. The lowest BCUT2D eigenvalue weighted by atomic mass is 9.96. The van der Waals surface area contributed by atoms with Crippen LogP contribution in [-0.2, 0) is 16.2 Å². The smallest absolute Gasteiger partial charge is 0.300 e. The van der Waals surface area contributed by atoms with Crippen molar-refractivity contribution in [2.24, 2.45) is 11.8 Å². The van der Waals surface area contributed by atoms with Crippen LogP contribution in [0, 0.1) is 11.8 Å². The Labute approximate surface area is 165 Å². The topological polar surface area (TPSA) is 40.6 Å². The van der Waals surface area contributed by atoms with Crippen molar-refractivity contribution in [3.8, 4) is 0 Å². The Morgan fingerprint density at radius 2 is 1.64 bits per heavy atom. The third kappa shape index (κ3) is 4.24. The number of benzene rings is 1. The number of halogens is 3. The van der Waals surface area contributed by atoms with Crippen molar-refractivity contribution in [2.75, 3.05) is 26.2 Å². The van der Waals surface area contributed by atoms with Gasteiger partial charge in [-0.05, 0) is 74.9 Å². The first kappa shape index (κ1) is 21.6. The highest BCUT2D eigenvalue weighted by Crippen LogP contribution is 2.42. The summed E-state index contributed by atoms with van der Waals surface area (Å²) < 4.78 is 65.7. The lowest BCUT2D eigenvalue weighted by Gasteiger charge is -2.32. The van der Waals surface area contributed by atoms with Crippen LogP contribution in [0.1, 0.15) is 45.1 Å². The third-order valence-electron chi connectivity index (χ3n) is 6.10. The zero-order valence-corrected chi connectivity index (χ0v) is 17.3. The monoisotopic (exact) mass is 418 g/mol. The van der Waals surface area contributed by atoms with Crippen molar-refractivity contribution < 1.29 is 21.6 Å². The standard InChI is InChI=1S/C20H29F3N2O2S/c1-3-11-24(12-4-2)19-10-5-15-13-25(14-18(15)19)28(26,27)17-8-6-16(7-9-17)20(21,22)23/h6-9,15,18-19H,3-5,10-14H2,1-2H3. The molecule has 1 saturated heterocycles. The second-order valence-corrected chi connectivity index (χ2v) is 9.89. The highest BCUT2D eigenvalue weighted by Gasteiger charge is 2.47. The number of rotatable bonds is 7. The number of fused-ring (bicyclic) bond motifs is 1. The fourth-order valence-corrected chi connectivity index (χ4v) is 6.36. The lowest BCUT2D eigenvalue weighted by Crippen LogP contribution is -2.41. The van der Waals surface area contributed by atoms with E-state index in [1.807, 2.05) is 0 Å². The van der Waals surface area contributed by atoms with E-state index in [2.05, 4.69) is 18.7 Å². The summed E-state index contributed by atoms with van der Waals surface area (Å²) in [6, 6.07) is 4.24. The van der Waals surface area contributed by atoms with Crippen molar-refractivity contribution in [3.63, 3.8) is 0 Å². The fraction of sp³-hybridized carbons (Fsp3) is 0.700. The van der Waals surface area contributed by atoms with Gasteiger partial charge in [0.1, 0.15) is 0 Å². The Morgan fingerprint density at radius 3 is 2.18 bits per heavy atom. The Morgan fingerprint density at radius 1 is 1.04 bits per heavy atom. The molecule has 0 bridgehead atoms. The molecule has 1 aromatic rings. The molecule has 28 heavy (non-hydrogen) atoms. The second-order valence-electron chi connectivity index (χ2n) is 7.95. The van der Waals surface area contributed by atoms with E-state index < -0.39 is 21.8 Å². The molecule has 3 rings (SSSR count). The molecule has 0 N–H and O–H groups in total. The van der Waals surface area contributed by atoms with Crippen LogP contribution in [0.4, 0.5) is 13.2 Å². The minimum Gasteiger partial charge on any atom is -0.300 e. The Kier molecular flexibility index (Phi) is 6.41. The first-order valence-corrected chi connectivity index (χ1v) is 11.5. The molecular weight excluding hydrogens is 389 g/mol. The van der Waals surface area contributed by atoms with Gasteiger partial charge in [0.2, 0.25) is 10.0 Å². The average molecular weight is 419 g/mol. The molecule has 0 aromatic heterocycles. The summed E-state index contributed by atoms with van der Waals surface area (Å²) in [5.41, 5.74) is -0.834. The quantitative estimate of drug-likeness (QED) is 0.666. The van der Waals surface area contributed by atoms with E-state index in [1.54, 1.807) is 0 Å². The van der Waals surface area contributed by atoms with Crippen molar-refractivity contribution >= 4 is 10.0 Å². The predicted octanol–water partition coefficient (Wildman–Crippen LogP) is 4.23. The molecule has 1 heterocycles. The molecule has 1 aliphatic carbocycles. The Hall–Kier alpha value is -1.12. The Balaban J connectivity index is 1.75. The van der Waals surface area contributed by atoms with E-state index in [4.69, 9.17) is 0 Å². The van der Waals surface area contributed by atoms with Gasteiger partial charge in [0.05, 0.1) is 10.5 Å².